The summed E-state index contributed by atoms with van der Waals surface area (Å²) >= 11 is 6.29. The summed E-state index contributed by atoms with van der Waals surface area (Å²) in [6, 6.07) is 22.8. The summed E-state index contributed by atoms with van der Waals surface area (Å²) in [5, 5.41) is 8.45. The Kier molecular flexibility index (Phi) is 11.0. The summed E-state index contributed by atoms with van der Waals surface area (Å²) in [7, 11) is -2.92. The van der Waals surface area contributed by atoms with E-state index in [-0.39, 0.29) is 5.92 Å². The van der Waals surface area contributed by atoms with Crippen molar-refractivity contribution in [1.29, 1.82) is 0 Å². The zero-order valence-electron chi connectivity index (χ0n) is 22.2. The van der Waals surface area contributed by atoms with E-state index in [1.54, 1.807) is 0 Å². The molecule has 0 aliphatic rings. The molecule has 2 unspecified atom stereocenters. The first kappa shape index (κ1) is 29.1. The summed E-state index contributed by atoms with van der Waals surface area (Å²) < 4.78 is 11.4. The average molecular weight is 541 g/mol. The molecular weight excluding hydrogens is 503 g/mol. The van der Waals surface area contributed by atoms with Crippen LogP contribution in [0.1, 0.15) is 52.6 Å². The summed E-state index contributed by atoms with van der Waals surface area (Å²) in [5.41, 5.74) is 7.94. The minimum absolute atomic E-state index is 0.123. The zero-order valence-corrected chi connectivity index (χ0v) is 23.9. The Morgan fingerprint density at radius 2 is 1.78 bits per heavy atom. The van der Waals surface area contributed by atoms with Crippen molar-refractivity contribution in [2.24, 2.45) is 5.16 Å². The van der Waals surface area contributed by atoms with Gasteiger partial charge in [-0.2, -0.15) is 0 Å². The number of nitrogens with zero attached hydrogens (tertiary/aromatic N) is 1. The van der Waals surface area contributed by atoms with Crippen molar-refractivity contribution >= 4 is 24.7 Å². The molecule has 0 bridgehead atoms. The van der Waals surface area contributed by atoms with E-state index in [0.717, 1.165) is 33.8 Å². The number of halogens is 1. The van der Waals surface area contributed by atoms with Gasteiger partial charge in [0.1, 0.15) is 6.61 Å². The van der Waals surface area contributed by atoms with Gasteiger partial charge in [-0.1, -0.05) is 71.4 Å². The molecule has 2 N–H and O–H groups in total. The van der Waals surface area contributed by atoms with Gasteiger partial charge in [0.15, 0.2) is 7.37 Å². The van der Waals surface area contributed by atoms with E-state index in [1.807, 2.05) is 37.3 Å². The molecule has 0 aromatic heterocycles. The lowest BCUT2D eigenvalue weighted by atomic mass is 9.91. The van der Waals surface area contributed by atoms with Crippen molar-refractivity contribution in [3.63, 3.8) is 0 Å². The van der Waals surface area contributed by atoms with Gasteiger partial charge in [0.05, 0.1) is 5.71 Å². The predicted molar refractivity (Wildman–Crippen MR) is 155 cm³/mol. The van der Waals surface area contributed by atoms with Gasteiger partial charge >= 0.3 is 0 Å². The molecule has 0 aliphatic carbocycles. The second kappa shape index (κ2) is 13.9. The largest absolute Gasteiger partial charge is 0.395 e. The second-order valence-electron chi connectivity index (χ2n) is 9.85. The topological polar surface area (TPSA) is 70.9 Å². The summed E-state index contributed by atoms with van der Waals surface area (Å²) in [6.07, 6.45) is 1.87. The molecule has 2 atom stereocenters. The van der Waals surface area contributed by atoms with Gasteiger partial charge in [-0.3, -0.25) is 4.57 Å². The van der Waals surface area contributed by atoms with Crippen molar-refractivity contribution in [1.82, 2.24) is 5.32 Å². The molecule has 0 saturated carbocycles. The molecule has 3 aromatic carbocycles. The molecule has 0 radical (unpaired) electrons. The highest BCUT2D eigenvalue weighted by Gasteiger charge is 2.15. The van der Waals surface area contributed by atoms with Crippen molar-refractivity contribution in [2.75, 3.05) is 26.0 Å². The number of hydrogen-bond acceptors (Lipinski definition) is 4. The third-order valence-corrected chi connectivity index (χ3v) is 7.86. The highest BCUT2D eigenvalue weighted by molar-refractivity contribution is 7.57. The fourth-order valence-corrected chi connectivity index (χ4v) is 5.06. The Morgan fingerprint density at radius 1 is 1.05 bits per heavy atom. The highest BCUT2D eigenvalue weighted by Crippen LogP contribution is 2.35. The number of benzene rings is 3. The molecule has 0 fully saturated rings. The van der Waals surface area contributed by atoms with Gasteiger partial charge < -0.3 is 15.0 Å². The van der Waals surface area contributed by atoms with Crippen LogP contribution in [0, 0.1) is 13.8 Å². The number of nitrogens with one attached hydrogen (secondary N) is 1. The Hall–Kier alpha value is -2.43. The van der Waals surface area contributed by atoms with Crippen molar-refractivity contribution in [3.05, 3.63) is 105 Å². The zero-order chi connectivity index (χ0) is 26.8. The van der Waals surface area contributed by atoms with Crippen LogP contribution < -0.4 is 5.32 Å². The maximum absolute atomic E-state index is 11.4. The van der Waals surface area contributed by atoms with Gasteiger partial charge in [0, 0.05) is 30.3 Å². The first-order valence-electron chi connectivity index (χ1n) is 12.7. The van der Waals surface area contributed by atoms with Crippen LogP contribution in [0.4, 0.5) is 0 Å². The van der Waals surface area contributed by atoms with Crippen LogP contribution in [0.5, 0.6) is 0 Å². The number of hydrogen-bond donors (Lipinski definition) is 2. The van der Waals surface area contributed by atoms with Crippen LogP contribution in [-0.4, -0.2) is 36.6 Å². The second-order valence-corrected chi connectivity index (χ2v) is 12.8. The van der Waals surface area contributed by atoms with E-state index >= 15 is 0 Å². The minimum Gasteiger partial charge on any atom is -0.395 e. The SMILES string of the molecule is C/C(=N\OCC(Cc1ccc(C)c(C)c1)c1cccc(Cl)c1)c1ccc(CNCCCP(C)(=O)O)cc1. The lowest BCUT2D eigenvalue weighted by Gasteiger charge is -2.18. The van der Waals surface area contributed by atoms with E-state index in [2.05, 4.69) is 60.7 Å². The van der Waals surface area contributed by atoms with Gasteiger partial charge in [-0.15, -0.1) is 0 Å². The van der Waals surface area contributed by atoms with Crippen LogP contribution in [0.15, 0.2) is 71.9 Å². The molecular formula is C30H38ClN2O3P. The lowest BCUT2D eigenvalue weighted by Crippen LogP contribution is -2.15. The van der Waals surface area contributed by atoms with Crippen molar-refractivity contribution in [3.8, 4) is 0 Å². The molecule has 0 saturated heterocycles. The smallest absolute Gasteiger partial charge is 0.197 e. The van der Waals surface area contributed by atoms with Crippen LogP contribution in [0.2, 0.25) is 5.02 Å². The van der Waals surface area contributed by atoms with Gasteiger partial charge in [0.2, 0.25) is 0 Å². The van der Waals surface area contributed by atoms with Crippen LogP contribution in [-0.2, 0) is 22.4 Å². The molecule has 5 nitrogen and oxygen atoms in total. The normalized spacial score (nSPS) is 14.3. The number of aryl methyl sites for hydroxylation is 2. The minimum atomic E-state index is -2.92. The molecule has 0 amide bonds. The first-order chi connectivity index (χ1) is 17.6. The monoisotopic (exact) mass is 540 g/mol. The standard InChI is InChI=1S/C30H38ClN2O3P/c1-22-9-10-26(17-23(22)2)18-29(28-7-5-8-30(31)19-28)21-36-33-24(3)27-13-11-25(12-14-27)20-32-15-6-16-37(4,34)35/h5,7-14,17,19,29,32H,6,15-16,18,20-21H2,1-4H3,(H,34,35)/b33-24+. The Balaban J connectivity index is 1.58. The predicted octanol–water partition coefficient (Wildman–Crippen LogP) is 7.10. The van der Waals surface area contributed by atoms with E-state index in [9.17, 15) is 9.46 Å². The number of rotatable bonds is 13. The highest BCUT2D eigenvalue weighted by atomic mass is 35.5. The van der Waals surface area contributed by atoms with E-state index in [1.165, 1.54) is 23.4 Å². The molecule has 37 heavy (non-hydrogen) atoms. The summed E-state index contributed by atoms with van der Waals surface area (Å²) in [6.45, 7) is 9.49. The van der Waals surface area contributed by atoms with E-state index in [0.29, 0.717) is 32.3 Å². The molecule has 3 rings (SSSR count). The molecule has 7 heteroatoms. The Labute approximate surface area is 226 Å². The van der Waals surface area contributed by atoms with Crippen molar-refractivity contribution < 1.29 is 14.3 Å². The quantitative estimate of drug-likeness (QED) is 0.105. The maximum Gasteiger partial charge on any atom is 0.197 e. The van der Waals surface area contributed by atoms with Gasteiger partial charge in [-0.25, -0.2) is 0 Å². The first-order valence-corrected chi connectivity index (χ1v) is 15.4. The Morgan fingerprint density at radius 3 is 2.46 bits per heavy atom. The third kappa shape index (κ3) is 10.1. The van der Waals surface area contributed by atoms with Crippen molar-refractivity contribution in [2.45, 2.75) is 46.1 Å². The fourth-order valence-electron chi connectivity index (χ4n) is 4.12. The van der Waals surface area contributed by atoms with Gasteiger partial charge in [-0.05, 0) is 85.7 Å². The summed E-state index contributed by atoms with van der Waals surface area (Å²) in [4.78, 5) is 15.2. The van der Waals surface area contributed by atoms with Crippen LogP contribution >= 0.6 is 19.0 Å². The maximum atomic E-state index is 11.4. The van der Waals surface area contributed by atoms with Crippen LogP contribution in [0.3, 0.4) is 0 Å². The third-order valence-electron chi connectivity index (χ3n) is 6.48. The fraction of sp³-hybridized carbons (Fsp3) is 0.367. The molecule has 0 spiro atoms. The van der Waals surface area contributed by atoms with Gasteiger partial charge in [0.25, 0.3) is 0 Å². The molecule has 3 aromatic rings. The average Bonchev–Trinajstić information content (AvgIpc) is 2.85. The van der Waals surface area contributed by atoms with Crippen LogP contribution in [0.25, 0.3) is 0 Å². The molecule has 0 aliphatic heterocycles. The lowest BCUT2D eigenvalue weighted by molar-refractivity contribution is 0.128. The summed E-state index contributed by atoms with van der Waals surface area (Å²) in [5.74, 6) is 0.123. The molecule has 198 valence electrons. The Bertz CT molecular complexity index is 1240. The molecule has 0 heterocycles. The van der Waals surface area contributed by atoms with E-state index in [4.69, 9.17) is 16.4 Å². The van der Waals surface area contributed by atoms with E-state index < -0.39 is 7.37 Å². The number of oxime groups is 1.